The van der Waals surface area contributed by atoms with Gasteiger partial charge >= 0.3 is 0 Å². The molecule has 0 saturated heterocycles. The average molecular weight is 277 g/mol. The van der Waals surface area contributed by atoms with E-state index < -0.39 is 5.91 Å². The minimum Gasteiger partial charge on any atom is -0.368 e. The van der Waals surface area contributed by atoms with Crippen molar-refractivity contribution < 1.29 is 9.59 Å². The van der Waals surface area contributed by atoms with Gasteiger partial charge in [-0.05, 0) is 25.8 Å². The Hall–Kier alpha value is -1.88. The average Bonchev–Trinajstić information content (AvgIpc) is 2.42. The van der Waals surface area contributed by atoms with Gasteiger partial charge in [-0.3, -0.25) is 9.59 Å². The van der Waals surface area contributed by atoms with Gasteiger partial charge in [-0.2, -0.15) is 0 Å². The van der Waals surface area contributed by atoms with Crippen molar-refractivity contribution >= 4 is 11.8 Å². The number of amides is 2. The SMILES string of the molecule is CC(C)N(CC(N)=O)C(=O)CCC(N)c1ccccc1. The fourth-order valence-electron chi connectivity index (χ4n) is 2.02. The third-order valence-corrected chi connectivity index (χ3v) is 3.17. The molecule has 0 spiro atoms. The molecule has 4 N–H and O–H groups in total. The van der Waals surface area contributed by atoms with Crippen LogP contribution in [0.2, 0.25) is 0 Å². The van der Waals surface area contributed by atoms with Crippen LogP contribution in [0.1, 0.15) is 38.3 Å². The molecule has 0 aromatic heterocycles. The van der Waals surface area contributed by atoms with E-state index in [1.54, 1.807) is 0 Å². The fraction of sp³-hybridized carbons (Fsp3) is 0.467. The standard InChI is InChI=1S/C15H23N3O2/c1-11(2)18(10-14(17)19)15(20)9-8-13(16)12-6-4-3-5-7-12/h3-7,11,13H,8-10,16H2,1-2H3,(H2,17,19). The molecule has 0 heterocycles. The molecular weight excluding hydrogens is 254 g/mol. The van der Waals surface area contributed by atoms with Crippen LogP contribution in [0.25, 0.3) is 0 Å². The van der Waals surface area contributed by atoms with Gasteiger partial charge in [-0.15, -0.1) is 0 Å². The molecule has 0 bridgehead atoms. The molecule has 0 aliphatic heterocycles. The van der Waals surface area contributed by atoms with Gasteiger partial charge in [0, 0.05) is 18.5 Å². The van der Waals surface area contributed by atoms with Gasteiger partial charge in [0.2, 0.25) is 11.8 Å². The van der Waals surface area contributed by atoms with Gasteiger partial charge in [0.05, 0.1) is 6.54 Å². The summed E-state index contributed by atoms with van der Waals surface area (Å²) in [5, 5.41) is 0. The number of carbonyl (C=O) groups excluding carboxylic acids is 2. The van der Waals surface area contributed by atoms with Crippen LogP contribution in [-0.2, 0) is 9.59 Å². The van der Waals surface area contributed by atoms with Crippen LogP contribution in [0.4, 0.5) is 0 Å². The summed E-state index contributed by atoms with van der Waals surface area (Å²) < 4.78 is 0. The van der Waals surface area contributed by atoms with Crippen molar-refractivity contribution in [2.45, 2.75) is 38.8 Å². The molecule has 0 fully saturated rings. The Morgan fingerprint density at radius 1 is 1.20 bits per heavy atom. The number of carbonyl (C=O) groups is 2. The molecule has 1 unspecified atom stereocenters. The smallest absolute Gasteiger partial charge is 0.237 e. The van der Waals surface area contributed by atoms with Crippen LogP contribution in [0.5, 0.6) is 0 Å². The predicted molar refractivity (Wildman–Crippen MR) is 78.6 cm³/mol. The summed E-state index contributed by atoms with van der Waals surface area (Å²) in [5.41, 5.74) is 12.2. The minimum atomic E-state index is -0.501. The second kappa shape index (κ2) is 7.65. The van der Waals surface area contributed by atoms with Crippen LogP contribution in [0, 0.1) is 0 Å². The van der Waals surface area contributed by atoms with Crippen molar-refractivity contribution in [3.8, 4) is 0 Å². The summed E-state index contributed by atoms with van der Waals surface area (Å²) in [7, 11) is 0. The van der Waals surface area contributed by atoms with Gasteiger partial charge in [-0.1, -0.05) is 30.3 Å². The first-order chi connectivity index (χ1) is 9.41. The van der Waals surface area contributed by atoms with E-state index in [-0.39, 0.29) is 24.5 Å². The highest BCUT2D eigenvalue weighted by Crippen LogP contribution is 2.16. The van der Waals surface area contributed by atoms with Gasteiger partial charge in [0.15, 0.2) is 0 Å². The normalized spacial score (nSPS) is 12.2. The Morgan fingerprint density at radius 3 is 2.30 bits per heavy atom. The molecule has 5 heteroatoms. The topological polar surface area (TPSA) is 89.4 Å². The van der Waals surface area contributed by atoms with Crippen molar-refractivity contribution in [1.82, 2.24) is 4.90 Å². The lowest BCUT2D eigenvalue weighted by atomic mass is 10.0. The Kier molecular flexibility index (Phi) is 6.18. The van der Waals surface area contributed by atoms with Crippen molar-refractivity contribution in [3.63, 3.8) is 0 Å². The molecule has 0 aliphatic rings. The molecule has 1 aromatic carbocycles. The first-order valence-electron chi connectivity index (χ1n) is 6.80. The van der Waals surface area contributed by atoms with E-state index in [9.17, 15) is 9.59 Å². The van der Waals surface area contributed by atoms with Crippen molar-refractivity contribution in [1.29, 1.82) is 0 Å². The Bertz CT molecular complexity index is 446. The second-order valence-corrected chi connectivity index (χ2v) is 5.14. The van der Waals surface area contributed by atoms with Crippen molar-refractivity contribution in [2.75, 3.05) is 6.54 Å². The summed E-state index contributed by atoms with van der Waals surface area (Å²) in [6.45, 7) is 3.67. The highest BCUT2D eigenvalue weighted by atomic mass is 16.2. The van der Waals surface area contributed by atoms with Crippen molar-refractivity contribution in [2.24, 2.45) is 11.5 Å². The van der Waals surface area contributed by atoms with E-state index in [4.69, 9.17) is 11.5 Å². The zero-order valence-electron chi connectivity index (χ0n) is 12.1. The Morgan fingerprint density at radius 2 is 1.80 bits per heavy atom. The molecule has 1 aromatic rings. The maximum Gasteiger partial charge on any atom is 0.237 e. The number of rotatable bonds is 7. The second-order valence-electron chi connectivity index (χ2n) is 5.14. The molecule has 0 radical (unpaired) electrons. The van der Waals surface area contributed by atoms with Gasteiger partial charge in [-0.25, -0.2) is 0 Å². The molecule has 20 heavy (non-hydrogen) atoms. The third-order valence-electron chi connectivity index (χ3n) is 3.17. The number of hydrogen-bond donors (Lipinski definition) is 2. The number of nitrogens with zero attached hydrogens (tertiary/aromatic N) is 1. The number of hydrogen-bond acceptors (Lipinski definition) is 3. The predicted octanol–water partition coefficient (Wildman–Crippen LogP) is 1.19. The first kappa shape index (κ1) is 16.2. The summed E-state index contributed by atoms with van der Waals surface area (Å²) in [5.74, 6) is -0.593. The Labute approximate surface area is 119 Å². The zero-order chi connectivity index (χ0) is 15.1. The highest BCUT2D eigenvalue weighted by molar-refractivity contribution is 5.84. The monoisotopic (exact) mass is 277 g/mol. The van der Waals surface area contributed by atoms with Gasteiger partial charge in [0.1, 0.15) is 0 Å². The van der Waals surface area contributed by atoms with Crippen LogP contribution < -0.4 is 11.5 Å². The van der Waals surface area contributed by atoms with Crippen LogP contribution in [-0.4, -0.2) is 29.3 Å². The maximum atomic E-state index is 12.1. The largest absolute Gasteiger partial charge is 0.368 e. The number of benzene rings is 1. The van der Waals surface area contributed by atoms with E-state index in [1.807, 2.05) is 44.2 Å². The first-order valence-corrected chi connectivity index (χ1v) is 6.80. The lowest BCUT2D eigenvalue weighted by Gasteiger charge is -2.26. The molecular formula is C15H23N3O2. The van der Waals surface area contributed by atoms with Gasteiger partial charge in [0.25, 0.3) is 0 Å². The van der Waals surface area contributed by atoms with E-state index in [1.165, 1.54) is 4.90 Å². The highest BCUT2D eigenvalue weighted by Gasteiger charge is 2.19. The molecule has 5 nitrogen and oxygen atoms in total. The van der Waals surface area contributed by atoms with E-state index in [0.717, 1.165) is 5.56 Å². The third kappa shape index (κ3) is 5.01. The molecule has 0 saturated carbocycles. The lowest BCUT2D eigenvalue weighted by Crippen LogP contribution is -2.42. The van der Waals surface area contributed by atoms with Crippen LogP contribution in [0.15, 0.2) is 30.3 Å². The lowest BCUT2D eigenvalue weighted by molar-refractivity contribution is -0.137. The van der Waals surface area contributed by atoms with Gasteiger partial charge < -0.3 is 16.4 Å². The van der Waals surface area contributed by atoms with E-state index >= 15 is 0 Å². The minimum absolute atomic E-state index is 0.0446. The summed E-state index contributed by atoms with van der Waals surface area (Å²) in [4.78, 5) is 24.6. The zero-order valence-corrected chi connectivity index (χ0v) is 12.1. The molecule has 0 aliphatic carbocycles. The summed E-state index contributed by atoms with van der Waals surface area (Å²) in [6, 6.07) is 9.42. The van der Waals surface area contributed by atoms with E-state index in [2.05, 4.69) is 0 Å². The summed E-state index contributed by atoms with van der Waals surface area (Å²) >= 11 is 0. The number of primary amides is 1. The molecule has 1 rings (SSSR count). The van der Waals surface area contributed by atoms with Crippen LogP contribution >= 0.6 is 0 Å². The fourth-order valence-corrected chi connectivity index (χ4v) is 2.02. The quantitative estimate of drug-likeness (QED) is 0.784. The van der Waals surface area contributed by atoms with Crippen molar-refractivity contribution in [3.05, 3.63) is 35.9 Å². The number of nitrogens with two attached hydrogens (primary N) is 2. The molecule has 1 atom stereocenters. The Balaban J connectivity index is 2.55. The summed E-state index contributed by atoms with van der Waals surface area (Å²) in [6.07, 6.45) is 0.854. The maximum absolute atomic E-state index is 12.1. The molecule has 2 amide bonds. The van der Waals surface area contributed by atoms with E-state index in [0.29, 0.717) is 12.8 Å². The van der Waals surface area contributed by atoms with Crippen LogP contribution in [0.3, 0.4) is 0 Å². The molecule has 110 valence electrons.